The first-order chi connectivity index (χ1) is 7.75. The average molecular weight is 295 g/mol. The lowest BCUT2D eigenvalue weighted by molar-refractivity contribution is -0.708. The second-order valence-electron chi connectivity index (χ2n) is 3.97. The lowest BCUT2D eigenvalue weighted by atomic mass is 10.3. The van der Waals surface area contributed by atoms with Crippen molar-refractivity contribution in [2.75, 3.05) is 23.8 Å². The van der Waals surface area contributed by atoms with Crippen LogP contribution in [0.4, 0.5) is 13.2 Å². The Balaban J connectivity index is 2.46. The van der Waals surface area contributed by atoms with E-state index in [9.17, 15) is 26.8 Å². The second kappa shape index (κ2) is 5.77. The van der Waals surface area contributed by atoms with Crippen LogP contribution in [-0.2, 0) is 10.0 Å². The number of alkyl halides is 3. The Labute approximate surface area is 101 Å². The molecule has 1 atom stereocenters. The van der Waals surface area contributed by atoms with Crippen molar-refractivity contribution in [1.29, 1.82) is 0 Å². The number of quaternary nitrogens is 1. The monoisotopic (exact) mass is 295 g/mol. The SMILES string of the molecule is O=S(=O)([NH+]([O-])CC[SH]1CCCCC1)C(F)(F)F. The zero-order valence-corrected chi connectivity index (χ0v) is 10.9. The van der Waals surface area contributed by atoms with Crippen molar-refractivity contribution >= 4 is 20.9 Å². The standard InChI is InChI=1S/C8H16F3NO3S2/c9-8(10,11)17(14,15)12(13)4-7-16-5-2-1-3-6-16/h12,16H,1-7H2. The molecule has 1 heterocycles. The zero-order valence-electron chi connectivity index (χ0n) is 9.16. The van der Waals surface area contributed by atoms with Gasteiger partial charge in [-0.05, 0) is 24.3 Å². The molecule has 4 nitrogen and oxygen atoms in total. The van der Waals surface area contributed by atoms with Crippen LogP contribution in [0.25, 0.3) is 0 Å². The van der Waals surface area contributed by atoms with Gasteiger partial charge in [-0.1, -0.05) is 6.42 Å². The smallest absolute Gasteiger partial charge is 0.549 e. The van der Waals surface area contributed by atoms with Crippen LogP contribution in [0.15, 0.2) is 0 Å². The van der Waals surface area contributed by atoms with E-state index in [1.807, 2.05) is 0 Å². The molecule has 0 bridgehead atoms. The molecule has 0 aromatic rings. The predicted octanol–water partition coefficient (Wildman–Crippen LogP) is 0.404. The van der Waals surface area contributed by atoms with Gasteiger partial charge < -0.3 is 5.21 Å². The maximum atomic E-state index is 12.0. The van der Waals surface area contributed by atoms with Gasteiger partial charge in [0.1, 0.15) is 0 Å². The van der Waals surface area contributed by atoms with Crippen molar-refractivity contribution in [2.45, 2.75) is 24.8 Å². The van der Waals surface area contributed by atoms with E-state index in [-0.39, 0.29) is 0 Å². The number of sulfonamides is 1. The molecule has 1 fully saturated rings. The molecule has 0 aromatic carbocycles. The maximum Gasteiger partial charge on any atom is 0.549 e. The van der Waals surface area contributed by atoms with Crippen LogP contribution in [0.2, 0.25) is 0 Å². The third-order valence-electron chi connectivity index (χ3n) is 2.69. The van der Waals surface area contributed by atoms with Gasteiger partial charge in [0, 0.05) is 5.75 Å². The van der Waals surface area contributed by atoms with Crippen molar-refractivity contribution in [3.8, 4) is 0 Å². The Morgan fingerprint density at radius 1 is 1.18 bits per heavy atom. The first-order valence-electron chi connectivity index (χ1n) is 5.31. The third kappa shape index (κ3) is 4.01. The Bertz CT molecular complexity index is 338. The first-order valence-corrected chi connectivity index (χ1v) is 8.70. The summed E-state index contributed by atoms with van der Waals surface area (Å²) in [6.07, 6.45) is 3.19. The summed E-state index contributed by atoms with van der Waals surface area (Å²) in [5.41, 5.74) is -5.45. The molecule has 9 heteroatoms. The molecule has 104 valence electrons. The number of hydroxylamine groups is 1. The topological polar surface area (TPSA) is 61.6 Å². The molecule has 1 rings (SSSR count). The number of hydrogen-bond donors (Lipinski definition) is 2. The van der Waals surface area contributed by atoms with Crippen LogP contribution in [0, 0.1) is 5.21 Å². The van der Waals surface area contributed by atoms with Gasteiger partial charge in [0.25, 0.3) is 0 Å². The molecule has 0 aromatic heterocycles. The molecule has 1 aliphatic heterocycles. The van der Waals surface area contributed by atoms with E-state index in [0.29, 0.717) is 5.75 Å². The summed E-state index contributed by atoms with van der Waals surface area (Å²) >= 11 is 0. The van der Waals surface area contributed by atoms with Crippen molar-refractivity contribution in [1.82, 2.24) is 0 Å². The number of nitrogens with one attached hydrogen (secondary N) is 1. The van der Waals surface area contributed by atoms with Gasteiger partial charge in [-0.15, -0.1) is 0 Å². The second-order valence-corrected chi connectivity index (χ2v) is 8.58. The summed E-state index contributed by atoms with van der Waals surface area (Å²) in [4.78, 5) is 0. The average Bonchev–Trinajstić information content (AvgIpc) is 2.25. The molecule has 17 heavy (non-hydrogen) atoms. The maximum absolute atomic E-state index is 12.0. The summed E-state index contributed by atoms with van der Waals surface area (Å²) in [5.74, 6) is 2.19. The Morgan fingerprint density at radius 3 is 2.18 bits per heavy atom. The van der Waals surface area contributed by atoms with Gasteiger partial charge in [-0.25, -0.2) is 10.9 Å². The molecule has 1 saturated heterocycles. The van der Waals surface area contributed by atoms with Crippen molar-refractivity contribution in [2.24, 2.45) is 0 Å². The number of hydrogen-bond acceptors (Lipinski definition) is 3. The Kier molecular flexibility index (Phi) is 5.11. The van der Waals surface area contributed by atoms with E-state index < -0.39 is 37.4 Å². The van der Waals surface area contributed by atoms with E-state index in [1.54, 1.807) is 0 Å². The highest BCUT2D eigenvalue weighted by molar-refractivity contribution is 8.17. The molecule has 0 amide bonds. The van der Waals surface area contributed by atoms with E-state index >= 15 is 0 Å². The highest BCUT2D eigenvalue weighted by atomic mass is 32.2. The van der Waals surface area contributed by atoms with Crippen LogP contribution in [0.3, 0.4) is 0 Å². The Morgan fingerprint density at radius 2 is 1.71 bits per heavy atom. The van der Waals surface area contributed by atoms with Gasteiger partial charge in [0.15, 0.2) is 0 Å². The highest BCUT2D eigenvalue weighted by Gasteiger charge is 2.51. The van der Waals surface area contributed by atoms with Gasteiger partial charge in [-0.3, -0.25) is 4.47 Å². The van der Waals surface area contributed by atoms with Gasteiger partial charge in [0.2, 0.25) is 0 Å². The minimum Gasteiger partial charge on any atom is -0.618 e. The summed E-state index contributed by atoms with van der Waals surface area (Å²) in [7, 11) is -6.05. The Hall–Kier alpha value is 0.01000. The van der Waals surface area contributed by atoms with Crippen LogP contribution >= 0.6 is 10.9 Å². The number of thiol groups is 1. The van der Waals surface area contributed by atoms with E-state index in [1.165, 1.54) is 0 Å². The molecule has 1 N–H and O–H groups in total. The minimum atomic E-state index is -5.61. The molecular formula is C8H16F3NO3S2. The molecule has 0 saturated carbocycles. The molecule has 0 radical (unpaired) electrons. The quantitative estimate of drug-likeness (QED) is 0.583. The fourth-order valence-electron chi connectivity index (χ4n) is 1.70. The van der Waals surface area contributed by atoms with Gasteiger partial charge in [-0.2, -0.15) is 21.6 Å². The first kappa shape index (κ1) is 15.1. The molecule has 1 aliphatic rings. The van der Waals surface area contributed by atoms with Gasteiger partial charge in [0.05, 0.1) is 6.54 Å². The largest absolute Gasteiger partial charge is 0.618 e. The van der Waals surface area contributed by atoms with Crippen molar-refractivity contribution in [3.05, 3.63) is 5.21 Å². The van der Waals surface area contributed by atoms with Crippen LogP contribution in [0.1, 0.15) is 19.3 Å². The zero-order chi connectivity index (χ0) is 13.1. The van der Waals surface area contributed by atoms with E-state index in [2.05, 4.69) is 0 Å². The van der Waals surface area contributed by atoms with Crippen LogP contribution < -0.4 is 4.47 Å². The van der Waals surface area contributed by atoms with E-state index in [4.69, 9.17) is 0 Å². The molecular weight excluding hydrogens is 279 g/mol. The number of rotatable bonds is 4. The van der Waals surface area contributed by atoms with E-state index in [0.717, 1.165) is 30.8 Å². The summed E-state index contributed by atoms with van der Waals surface area (Å²) < 4.78 is 56.0. The molecule has 1 unspecified atom stereocenters. The lowest BCUT2D eigenvalue weighted by Crippen LogP contribution is -3.11. The fraction of sp³-hybridized carbons (Fsp3) is 1.00. The van der Waals surface area contributed by atoms with Crippen LogP contribution in [-0.4, -0.2) is 37.7 Å². The summed E-state index contributed by atoms with van der Waals surface area (Å²) in [5, 5.41) is 11.1. The minimum absolute atomic E-state index is 0.309. The molecule has 0 spiro atoms. The third-order valence-corrected chi connectivity index (χ3v) is 6.85. The summed E-state index contributed by atoms with van der Waals surface area (Å²) in [6.45, 7) is -0.493. The lowest BCUT2D eigenvalue weighted by Gasteiger charge is -2.29. The highest BCUT2D eigenvalue weighted by Crippen LogP contribution is 2.32. The van der Waals surface area contributed by atoms with Crippen molar-refractivity contribution in [3.63, 3.8) is 0 Å². The van der Waals surface area contributed by atoms with Crippen molar-refractivity contribution < 1.29 is 26.1 Å². The fourth-order valence-corrected chi connectivity index (χ4v) is 5.01. The predicted molar refractivity (Wildman–Crippen MR) is 61.6 cm³/mol. The normalized spacial score (nSPS) is 22.5. The van der Waals surface area contributed by atoms with Gasteiger partial charge >= 0.3 is 15.5 Å². The van der Waals surface area contributed by atoms with Crippen LogP contribution in [0.5, 0.6) is 0 Å². The number of halogens is 3. The molecule has 0 aliphatic carbocycles. The summed E-state index contributed by atoms with van der Waals surface area (Å²) in [6, 6.07) is 0.